The average molecular weight is 1330 g/mol. The standard InChI is InChI=1S/C59H92Cl6NO15PSi/c1-8-10-12-14-16-18-19-21-23-25-33-39-49(67)75-47(38-28-24-22-20-17-15-13-11-9-2)42-50(68)77-53-51(66-55(69)74-44-58(60,61)62)54(72-40-41-83(5,6)7)76-48(43-73-56(70)78-57(3,4)59(63,64)65)52(53)81-82(71,79-45-34-29-26-30-35-45)80-46-36-31-27-32-37-46/h26-27,29-32,34-37,47-48,51-54H,8-25,28,33,38-44H2,1-7H3,(H,66,69)/t47-,48-,51-,52-,53-,54-/m1/s1. The first kappa shape index (κ1) is 74.8. The van der Waals surface area contributed by atoms with Crippen LogP contribution in [0.4, 0.5) is 9.59 Å². The van der Waals surface area contributed by atoms with E-state index >= 15 is 4.57 Å². The van der Waals surface area contributed by atoms with Crippen LogP contribution in [0.3, 0.4) is 0 Å². The number of phosphoric acid groups is 1. The molecule has 3 rings (SSSR count). The lowest BCUT2D eigenvalue weighted by atomic mass is 9.96. The average Bonchev–Trinajstić information content (AvgIpc) is 3.48. The molecule has 1 heterocycles. The van der Waals surface area contributed by atoms with E-state index in [2.05, 4.69) is 38.8 Å². The Hall–Kier alpha value is -2.41. The Morgan fingerprint density at radius 3 is 1.64 bits per heavy atom. The molecule has 474 valence electrons. The fourth-order valence-electron chi connectivity index (χ4n) is 8.73. The summed E-state index contributed by atoms with van der Waals surface area (Å²) in [5.74, 6) is -1.31. The number of hydrogen-bond acceptors (Lipinski definition) is 15. The van der Waals surface area contributed by atoms with Gasteiger partial charge in [-0.15, -0.1) is 0 Å². The van der Waals surface area contributed by atoms with E-state index in [-0.39, 0.29) is 24.5 Å². The minimum absolute atomic E-state index is 0.0363. The van der Waals surface area contributed by atoms with Crippen LogP contribution >= 0.6 is 77.4 Å². The first-order chi connectivity index (χ1) is 39.2. The molecule has 0 spiro atoms. The molecule has 0 aromatic heterocycles. The van der Waals surface area contributed by atoms with Gasteiger partial charge in [-0.2, -0.15) is 0 Å². The summed E-state index contributed by atoms with van der Waals surface area (Å²) >= 11 is 36.4. The minimum atomic E-state index is -5.01. The zero-order valence-electron chi connectivity index (χ0n) is 49.7. The molecule has 1 amide bonds. The smallest absolute Gasteiger partial charge is 0.462 e. The third kappa shape index (κ3) is 32.9. The topological polar surface area (TPSA) is 190 Å². The normalized spacial score (nSPS) is 18.2. The number of para-hydroxylation sites is 2. The molecule has 6 atom stereocenters. The molecular weight excluding hydrogens is 1230 g/mol. The Morgan fingerprint density at radius 1 is 0.663 bits per heavy atom. The summed E-state index contributed by atoms with van der Waals surface area (Å²) in [5, 5.41) is 2.64. The second kappa shape index (κ2) is 39.5. The van der Waals surface area contributed by atoms with Crippen LogP contribution in [-0.4, -0.2) is 102 Å². The number of rotatable bonds is 41. The predicted molar refractivity (Wildman–Crippen MR) is 332 cm³/mol. The largest absolute Gasteiger partial charge is 0.588 e. The maximum absolute atomic E-state index is 15.4. The Bertz CT molecular complexity index is 2150. The summed E-state index contributed by atoms with van der Waals surface area (Å²) in [7, 11) is -6.85. The number of ether oxygens (including phenoxy) is 7. The summed E-state index contributed by atoms with van der Waals surface area (Å²) in [6.07, 6.45) is 11.3. The number of phosphoric ester groups is 1. The van der Waals surface area contributed by atoms with Crippen molar-refractivity contribution in [1.29, 1.82) is 0 Å². The Morgan fingerprint density at radius 2 is 1.16 bits per heavy atom. The highest BCUT2D eigenvalue weighted by molar-refractivity contribution is 7.49. The van der Waals surface area contributed by atoms with Crippen LogP contribution in [0.5, 0.6) is 11.5 Å². The van der Waals surface area contributed by atoms with Gasteiger partial charge in [0, 0.05) is 21.1 Å². The molecule has 24 heteroatoms. The molecule has 0 radical (unpaired) electrons. The summed E-state index contributed by atoms with van der Waals surface area (Å²) in [5.41, 5.74) is -1.73. The third-order valence-corrected chi connectivity index (χ3v) is 18.3. The lowest BCUT2D eigenvalue weighted by Crippen LogP contribution is -2.66. The van der Waals surface area contributed by atoms with Crippen LogP contribution in [-0.2, 0) is 51.8 Å². The molecule has 1 fully saturated rings. The monoisotopic (exact) mass is 1320 g/mol. The number of carbonyl (C=O) groups is 4. The highest BCUT2D eigenvalue weighted by atomic mass is 35.6. The van der Waals surface area contributed by atoms with Gasteiger partial charge in [-0.05, 0) is 63.4 Å². The fraction of sp³-hybridized carbons (Fsp3) is 0.729. The quantitative estimate of drug-likeness (QED) is 0.0165. The SMILES string of the molecule is CCCCCCCCCCCCCC(=O)O[C@H](CCCCCCCCCCC)CC(=O)O[C@@H]1[C@@H](NC(=O)OCC(Cl)(Cl)Cl)[C@H](OCC[Si](C)(C)C)O[C@H](COC(=O)OC(C)(C)C(Cl)(Cl)Cl)[C@H]1OP(=O)(Oc1ccccc1)Oc1ccccc1. The highest BCUT2D eigenvalue weighted by Gasteiger charge is 2.55. The van der Waals surface area contributed by atoms with E-state index in [4.69, 9.17) is 116 Å². The van der Waals surface area contributed by atoms with Gasteiger partial charge in [-0.3, -0.25) is 14.1 Å². The molecule has 1 aliphatic rings. The molecular formula is C59H92Cl6NO15PSi. The first-order valence-corrected chi connectivity index (χ1v) is 37.0. The van der Waals surface area contributed by atoms with Gasteiger partial charge in [0.15, 0.2) is 18.0 Å². The van der Waals surface area contributed by atoms with E-state index in [0.717, 1.165) is 57.8 Å². The maximum atomic E-state index is 15.4. The van der Waals surface area contributed by atoms with Gasteiger partial charge in [-0.1, -0.05) is 255 Å². The van der Waals surface area contributed by atoms with Gasteiger partial charge >= 0.3 is 32.0 Å². The van der Waals surface area contributed by atoms with Gasteiger partial charge in [0.1, 0.15) is 49.1 Å². The van der Waals surface area contributed by atoms with Crippen molar-refractivity contribution in [2.45, 2.75) is 251 Å². The minimum Gasteiger partial charge on any atom is -0.462 e. The van der Waals surface area contributed by atoms with Crippen molar-refractivity contribution in [3.63, 3.8) is 0 Å². The van der Waals surface area contributed by atoms with Crippen LogP contribution < -0.4 is 14.4 Å². The van der Waals surface area contributed by atoms with Crippen LogP contribution in [0.1, 0.15) is 175 Å². The van der Waals surface area contributed by atoms with Gasteiger partial charge in [0.2, 0.25) is 7.59 Å². The number of carbonyl (C=O) groups excluding carboxylic acids is 4. The maximum Gasteiger partial charge on any atom is 0.588 e. The van der Waals surface area contributed by atoms with Crippen LogP contribution in [0.2, 0.25) is 25.7 Å². The van der Waals surface area contributed by atoms with Gasteiger partial charge in [-0.25, -0.2) is 14.2 Å². The van der Waals surface area contributed by atoms with Crippen molar-refractivity contribution in [3.05, 3.63) is 60.7 Å². The first-order valence-electron chi connectivity index (χ1n) is 29.6. The van der Waals surface area contributed by atoms with Crippen molar-refractivity contribution in [1.82, 2.24) is 5.32 Å². The number of esters is 2. The number of amides is 1. The zero-order chi connectivity index (χ0) is 61.4. The molecule has 1 saturated heterocycles. The van der Waals surface area contributed by atoms with Crippen LogP contribution in [0.15, 0.2) is 60.7 Å². The Labute approximate surface area is 525 Å². The number of alkyl halides is 6. The van der Waals surface area contributed by atoms with Crippen molar-refractivity contribution < 1.29 is 70.5 Å². The highest BCUT2D eigenvalue weighted by Crippen LogP contribution is 2.53. The Kier molecular flexibility index (Phi) is 35.6. The molecule has 0 aliphatic carbocycles. The summed E-state index contributed by atoms with van der Waals surface area (Å²) in [6.45, 7) is 12.0. The van der Waals surface area contributed by atoms with E-state index < -0.39 is 110 Å². The van der Waals surface area contributed by atoms with Crippen molar-refractivity contribution in [2.24, 2.45) is 0 Å². The number of halogens is 6. The molecule has 1 N–H and O–H groups in total. The molecule has 0 bridgehead atoms. The summed E-state index contributed by atoms with van der Waals surface area (Å²) < 4.78 is 71.6. The van der Waals surface area contributed by atoms with E-state index in [1.807, 2.05) is 0 Å². The molecule has 1 aliphatic heterocycles. The third-order valence-electron chi connectivity index (χ3n) is 13.6. The lowest BCUT2D eigenvalue weighted by molar-refractivity contribution is -0.269. The molecule has 2 aromatic rings. The van der Waals surface area contributed by atoms with E-state index in [9.17, 15) is 19.2 Å². The number of hydrogen-bond donors (Lipinski definition) is 1. The molecule has 0 unspecified atom stereocenters. The fourth-order valence-corrected chi connectivity index (χ4v) is 11.2. The van der Waals surface area contributed by atoms with E-state index in [1.165, 1.54) is 95.9 Å². The Balaban J connectivity index is 2.13. The number of unbranched alkanes of at least 4 members (excludes halogenated alkanes) is 18. The molecule has 16 nitrogen and oxygen atoms in total. The van der Waals surface area contributed by atoms with Gasteiger partial charge in [0.05, 0.1) is 6.42 Å². The predicted octanol–water partition coefficient (Wildman–Crippen LogP) is 18.3. The van der Waals surface area contributed by atoms with Crippen molar-refractivity contribution in [3.8, 4) is 11.5 Å². The molecule has 2 aromatic carbocycles. The van der Waals surface area contributed by atoms with E-state index in [1.54, 1.807) is 36.4 Å². The van der Waals surface area contributed by atoms with Crippen LogP contribution in [0.25, 0.3) is 0 Å². The number of nitrogens with one attached hydrogen (secondary N) is 1. The van der Waals surface area contributed by atoms with E-state index in [0.29, 0.717) is 25.3 Å². The van der Waals surface area contributed by atoms with Crippen molar-refractivity contribution >= 4 is 110 Å². The molecule has 83 heavy (non-hydrogen) atoms. The second-order valence-corrected chi connectivity index (χ2v) is 34.6. The van der Waals surface area contributed by atoms with Crippen molar-refractivity contribution in [2.75, 3.05) is 19.8 Å². The number of alkyl carbamates (subject to hydrolysis) is 1. The van der Waals surface area contributed by atoms with Crippen LogP contribution in [0, 0.1) is 0 Å². The lowest BCUT2D eigenvalue weighted by Gasteiger charge is -2.45. The summed E-state index contributed by atoms with van der Waals surface area (Å²) in [6, 6.07) is 14.9. The van der Waals surface area contributed by atoms with Gasteiger partial charge in [0.25, 0.3) is 0 Å². The summed E-state index contributed by atoms with van der Waals surface area (Å²) in [4.78, 5) is 55.9. The zero-order valence-corrected chi connectivity index (χ0v) is 56.1. The number of benzene rings is 2. The second-order valence-electron chi connectivity index (χ2n) is 22.8. The molecule has 0 saturated carbocycles. The van der Waals surface area contributed by atoms with Gasteiger partial charge < -0.3 is 47.5 Å².